The zero-order valence-electron chi connectivity index (χ0n) is 16.4. The topological polar surface area (TPSA) is 114 Å². The number of nitrogens with one attached hydrogen (secondary N) is 2. The van der Waals surface area contributed by atoms with Gasteiger partial charge in [-0.25, -0.2) is 14.8 Å². The number of nitrogens with two attached hydrogens (primary N) is 1. The molecule has 0 aliphatic rings. The second-order valence-electron chi connectivity index (χ2n) is 6.73. The molecule has 0 aliphatic carbocycles. The summed E-state index contributed by atoms with van der Waals surface area (Å²) in [7, 11) is -3.65. The summed E-state index contributed by atoms with van der Waals surface area (Å²) in [5.74, 6) is -0.109. The Hall–Kier alpha value is -2.59. The Labute approximate surface area is 180 Å². The molecule has 0 saturated heterocycles. The summed E-state index contributed by atoms with van der Waals surface area (Å²) in [6, 6.07) is 19.9. The van der Waals surface area contributed by atoms with Gasteiger partial charge in [0.1, 0.15) is 0 Å². The zero-order valence-corrected chi connectivity index (χ0v) is 18.0. The number of benzene rings is 2. The Kier molecular flexibility index (Phi) is 7.69. The van der Waals surface area contributed by atoms with Gasteiger partial charge in [0.05, 0.1) is 10.6 Å². The molecule has 7 nitrogen and oxygen atoms in total. The Morgan fingerprint density at radius 2 is 1.57 bits per heavy atom. The fourth-order valence-electron chi connectivity index (χ4n) is 2.93. The molecule has 9 heteroatoms. The van der Waals surface area contributed by atoms with E-state index in [-0.39, 0.29) is 12.5 Å². The number of aromatic nitrogens is 1. The van der Waals surface area contributed by atoms with Crippen molar-refractivity contribution in [3.8, 4) is 21.7 Å². The van der Waals surface area contributed by atoms with E-state index in [2.05, 4.69) is 15.0 Å². The van der Waals surface area contributed by atoms with E-state index in [9.17, 15) is 13.2 Å². The van der Waals surface area contributed by atoms with Crippen molar-refractivity contribution < 1.29 is 13.2 Å². The van der Waals surface area contributed by atoms with Crippen molar-refractivity contribution in [2.24, 2.45) is 5.14 Å². The lowest BCUT2D eigenvalue weighted by atomic mass is 10.1. The monoisotopic (exact) mass is 444 g/mol. The summed E-state index contributed by atoms with van der Waals surface area (Å²) in [6.45, 7) is 0.272. The van der Waals surface area contributed by atoms with Gasteiger partial charge in [0.25, 0.3) is 10.2 Å². The van der Waals surface area contributed by atoms with Gasteiger partial charge in [-0.2, -0.15) is 8.42 Å². The lowest BCUT2D eigenvalue weighted by Crippen LogP contribution is -2.31. The largest absolute Gasteiger partial charge is 0.302 e. The average Bonchev–Trinajstić information content (AvgIpc) is 3.15. The third-order valence-electron chi connectivity index (χ3n) is 4.34. The predicted molar refractivity (Wildman–Crippen MR) is 121 cm³/mol. The molecule has 1 aromatic heterocycles. The van der Waals surface area contributed by atoms with Gasteiger partial charge in [0, 0.05) is 18.5 Å². The van der Waals surface area contributed by atoms with E-state index in [0.717, 1.165) is 28.1 Å². The molecule has 0 unspecified atom stereocenters. The van der Waals surface area contributed by atoms with Crippen molar-refractivity contribution >= 4 is 32.6 Å². The number of carbonyl (C=O) groups is 1. The molecule has 0 saturated carbocycles. The second-order valence-corrected chi connectivity index (χ2v) is 9.10. The number of rotatable bonds is 10. The molecule has 0 radical (unpaired) electrons. The average molecular weight is 445 g/mol. The highest BCUT2D eigenvalue weighted by Crippen LogP contribution is 2.38. The standard InChI is InChI=1S/C21H24N4O3S2/c22-30(27,28)23-15-9-3-8-14-18(26)24-21-25-19(16-10-4-1-5-11-16)20(29-21)17-12-6-2-7-13-17/h1-2,4-7,10-13,23H,3,8-9,14-15H2,(H2,22,27,28)(H,24,25,26). The van der Waals surface area contributed by atoms with Gasteiger partial charge in [-0.3, -0.25) is 4.79 Å². The van der Waals surface area contributed by atoms with Gasteiger partial charge in [0.15, 0.2) is 5.13 Å². The summed E-state index contributed by atoms with van der Waals surface area (Å²) in [6.07, 6.45) is 2.34. The van der Waals surface area contributed by atoms with E-state index >= 15 is 0 Å². The maximum atomic E-state index is 12.3. The fourth-order valence-corrected chi connectivity index (χ4v) is 4.37. The molecule has 3 rings (SSSR count). The van der Waals surface area contributed by atoms with Crippen LogP contribution in [0.3, 0.4) is 0 Å². The minimum atomic E-state index is -3.65. The number of carbonyl (C=O) groups excluding carboxylic acids is 1. The van der Waals surface area contributed by atoms with Crippen LogP contribution in [-0.2, 0) is 15.0 Å². The molecule has 2 aromatic carbocycles. The van der Waals surface area contributed by atoms with Crippen molar-refractivity contribution in [2.75, 3.05) is 11.9 Å². The van der Waals surface area contributed by atoms with Crippen molar-refractivity contribution in [1.29, 1.82) is 0 Å². The van der Waals surface area contributed by atoms with Crippen LogP contribution in [0.15, 0.2) is 60.7 Å². The van der Waals surface area contributed by atoms with Crippen LogP contribution in [0.25, 0.3) is 21.7 Å². The van der Waals surface area contributed by atoms with E-state index in [4.69, 9.17) is 5.14 Å². The molecule has 158 valence electrons. The summed E-state index contributed by atoms with van der Waals surface area (Å²) in [5.41, 5.74) is 2.89. The summed E-state index contributed by atoms with van der Waals surface area (Å²) >= 11 is 1.45. The van der Waals surface area contributed by atoms with Crippen LogP contribution < -0.4 is 15.2 Å². The highest BCUT2D eigenvalue weighted by Gasteiger charge is 2.16. The highest BCUT2D eigenvalue weighted by molar-refractivity contribution is 7.87. The van der Waals surface area contributed by atoms with Gasteiger partial charge in [-0.1, -0.05) is 78.4 Å². The van der Waals surface area contributed by atoms with Gasteiger partial charge in [-0.05, 0) is 18.4 Å². The number of anilines is 1. The number of amides is 1. The Bertz CT molecular complexity index is 1010. The van der Waals surface area contributed by atoms with Crippen LogP contribution in [-0.4, -0.2) is 25.9 Å². The molecule has 0 bridgehead atoms. The Morgan fingerprint density at radius 1 is 0.933 bits per heavy atom. The molecule has 0 fully saturated rings. The highest BCUT2D eigenvalue weighted by atomic mass is 32.2. The van der Waals surface area contributed by atoms with Crippen molar-refractivity contribution in [3.63, 3.8) is 0 Å². The van der Waals surface area contributed by atoms with E-state index < -0.39 is 10.2 Å². The normalized spacial score (nSPS) is 11.4. The smallest absolute Gasteiger partial charge is 0.274 e. The number of hydrogen-bond acceptors (Lipinski definition) is 5. The van der Waals surface area contributed by atoms with E-state index in [1.807, 2.05) is 60.7 Å². The molecule has 0 spiro atoms. The summed E-state index contributed by atoms with van der Waals surface area (Å²) in [4.78, 5) is 18.0. The first-order valence-corrected chi connectivity index (χ1v) is 12.0. The number of nitrogens with zero attached hydrogens (tertiary/aromatic N) is 1. The molecule has 1 amide bonds. The minimum absolute atomic E-state index is 0.109. The van der Waals surface area contributed by atoms with Crippen molar-refractivity contribution in [3.05, 3.63) is 60.7 Å². The van der Waals surface area contributed by atoms with Crippen LogP contribution in [0.1, 0.15) is 25.7 Å². The van der Waals surface area contributed by atoms with E-state index in [1.54, 1.807) is 0 Å². The Balaban J connectivity index is 1.62. The van der Waals surface area contributed by atoms with Crippen LogP contribution in [0.5, 0.6) is 0 Å². The minimum Gasteiger partial charge on any atom is -0.302 e. The number of thiazole rings is 1. The first-order chi connectivity index (χ1) is 14.4. The first-order valence-electron chi connectivity index (χ1n) is 9.61. The van der Waals surface area contributed by atoms with E-state index in [0.29, 0.717) is 24.4 Å². The SMILES string of the molecule is NS(=O)(=O)NCCCCCC(=O)Nc1nc(-c2ccccc2)c(-c2ccccc2)s1. The predicted octanol–water partition coefficient (Wildman–Crippen LogP) is 3.77. The lowest BCUT2D eigenvalue weighted by molar-refractivity contribution is -0.116. The molecular formula is C21H24N4O3S2. The van der Waals surface area contributed by atoms with Gasteiger partial charge < -0.3 is 5.32 Å². The first kappa shape index (κ1) is 22.1. The van der Waals surface area contributed by atoms with Crippen LogP contribution >= 0.6 is 11.3 Å². The molecule has 0 atom stereocenters. The zero-order chi connectivity index (χ0) is 21.4. The number of unbranched alkanes of at least 4 members (excludes halogenated alkanes) is 2. The molecule has 1 heterocycles. The molecule has 3 aromatic rings. The fraction of sp³-hybridized carbons (Fsp3) is 0.238. The molecule has 4 N–H and O–H groups in total. The van der Waals surface area contributed by atoms with Crippen molar-refractivity contribution in [1.82, 2.24) is 9.71 Å². The van der Waals surface area contributed by atoms with Crippen LogP contribution in [0.4, 0.5) is 5.13 Å². The third kappa shape index (κ3) is 6.74. The van der Waals surface area contributed by atoms with Crippen LogP contribution in [0.2, 0.25) is 0 Å². The lowest BCUT2D eigenvalue weighted by Gasteiger charge is -2.03. The molecule has 30 heavy (non-hydrogen) atoms. The van der Waals surface area contributed by atoms with E-state index in [1.165, 1.54) is 11.3 Å². The molecular weight excluding hydrogens is 420 g/mol. The van der Waals surface area contributed by atoms with Crippen LogP contribution in [0, 0.1) is 0 Å². The summed E-state index contributed by atoms with van der Waals surface area (Å²) in [5, 5.41) is 8.33. The molecule has 0 aliphatic heterocycles. The maximum Gasteiger partial charge on any atom is 0.274 e. The van der Waals surface area contributed by atoms with Gasteiger partial charge in [0.2, 0.25) is 5.91 Å². The summed E-state index contributed by atoms with van der Waals surface area (Å²) < 4.78 is 23.8. The second kappa shape index (κ2) is 10.4. The van der Waals surface area contributed by atoms with Crippen molar-refractivity contribution in [2.45, 2.75) is 25.7 Å². The number of hydrogen-bond donors (Lipinski definition) is 3. The van der Waals surface area contributed by atoms with Gasteiger partial charge in [-0.15, -0.1) is 0 Å². The van der Waals surface area contributed by atoms with Gasteiger partial charge >= 0.3 is 0 Å². The quantitative estimate of drug-likeness (QED) is 0.413. The Morgan fingerprint density at radius 3 is 2.20 bits per heavy atom. The third-order valence-corrected chi connectivity index (χ3v) is 5.97. The maximum absolute atomic E-state index is 12.3.